The van der Waals surface area contributed by atoms with E-state index in [1.165, 1.54) is 25.7 Å². The minimum atomic E-state index is 0.302. The average Bonchev–Trinajstić information content (AvgIpc) is 2.62. The van der Waals surface area contributed by atoms with Crippen LogP contribution in [0.1, 0.15) is 39.0 Å². The SMILES string of the molecule is CCCCCC1CC2C=CC1C2=O. The summed E-state index contributed by atoms with van der Waals surface area (Å²) in [6, 6.07) is 0. The van der Waals surface area contributed by atoms with E-state index < -0.39 is 0 Å². The van der Waals surface area contributed by atoms with Gasteiger partial charge in [-0.2, -0.15) is 0 Å². The maximum absolute atomic E-state index is 11.5. The lowest BCUT2D eigenvalue weighted by Crippen LogP contribution is -2.10. The Morgan fingerprint density at radius 1 is 1.38 bits per heavy atom. The quantitative estimate of drug-likeness (QED) is 0.478. The molecule has 0 spiro atoms. The smallest absolute Gasteiger partial charge is 0.146 e. The van der Waals surface area contributed by atoms with Crippen LogP contribution in [0.25, 0.3) is 0 Å². The third kappa shape index (κ3) is 1.56. The van der Waals surface area contributed by atoms with E-state index in [1.54, 1.807) is 0 Å². The summed E-state index contributed by atoms with van der Waals surface area (Å²) in [6.07, 6.45) is 10.6. The fraction of sp³-hybridized carbons (Fsp3) is 0.750. The molecule has 2 rings (SSSR count). The van der Waals surface area contributed by atoms with E-state index in [2.05, 4.69) is 19.1 Å². The van der Waals surface area contributed by atoms with Crippen molar-refractivity contribution in [1.29, 1.82) is 0 Å². The number of hydrogen-bond acceptors (Lipinski definition) is 1. The average molecular weight is 178 g/mol. The Morgan fingerprint density at radius 2 is 2.23 bits per heavy atom. The molecule has 1 nitrogen and oxygen atoms in total. The van der Waals surface area contributed by atoms with Crippen LogP contribution in [0.3, 0.4) is 0 Å². The molecule has 1 saturated carbocycles. The van der Waals surface area contributed by atoms with Crippen LogP contribution >= 0.6 is 0 Å². The molecule has 0 N–H and O–H groups in total. The number of fused-ring (bicyclic) bond motifs is 2. The Hall–Kier alpha value is -0.590. The molecule has 0 aromatic carbocycles. The highest BCUT2D eigenvalue weighted by atomic mass is 16.1. The van der Waals surface area contributed by atoms with E-state index in [-0.39, 0.29) is 0 Å². The van der Waals surface area contributed by atoms with Crippen molar-refractivity contribution >= 4 is 5.78 Å². The van der Waals surface area contributed by atoms with Crippen LogP contribution in [0.15, 0.2) is 12.2 Å². The first kappa shape index (κ1) is 8.98. The van der Waals surface area contributed by atoms with Crippen molar-refractivity contribution in [2.45, 2.75) is 39.0 Å². The van der Waals surface area contributed by atoms with Gasteiger partial charge < -0.3 is 0 Å². The molecule has 0 aromatic heterocycles. The molecule has 0 aliphatic heterocycles. The standard InChI is InChI=1S/C12H18O/c1-2-3-4-5-9-8-10-6-7-11(9)12(10)13/h6-7,9-11H,2-5,8H2,1H3. The summed E-state index contributed by atoms with van der Waals surface area (Å²) in [7, 11) is 0. The first-order valence-electron chi connectivity index (χ1n) is 5.55. The second-order valence-electron chi connectivity index (χ2n) is 4.41. The second-order valence-corrected chi connectivity index (χ2v) is 4.41. The second kappa shape index (κ2) is 3.65. The normalized spacial score (nSPS) is 36.1. The predicted molar refractivity (Wildman–Crippen MR) is 53.4 cm³/mol. The Morgan fingerprint density at radius 3 is 2.77 bits per heavy atom. The van der Waals surface area contributed by atoms with Crippen molar-refractivity contribution in [3.8, 4) is 0 Å². The number of ketones is 1. The van der Waals surface area contributed by atoms with E-state index in [0.29, 0.717) is 23.5 Å². The lowest BCUT2D eigenvalue weighted by molar-refractivity contribution is -0.121. The Labute approximate surface area is 80.2 Å². The maximum Gasteiger partial charge on any atom is 0.146 e. The van der Waals surface area contributed by atoms with Gasteiger partial charge in [0.1, 0.15) is 5.78 Å². The Kier molecular flexibility index (Phi) is 2.52. The summed E-state index contributed by atoms with van der Waals surface area (Å²) in [6.45, 7) is 2.23. The molecule has 2 aliphatic carbocycles. The number of hydrogen-bond donors (Lipinski definition) is 0. The lowest BCUT2D eigenvalue weighted by atomic mass is 9.89. The third-order valence-electron chi connectivity index (χ3n) is 3.49. The van der Waals surface area contributed by atoms with Gasteiger partial charge in [0.05, 0.1) is 0 Å². The highest BCUT2D eigenvalue weighted by Crippen LogP contribution is 2.42. The first-order chi connectivity index (χ1) is 6.33. The summed E-state index contributed by atoms with van der Waals surface area (Å²) in [5.41, 5.74) is 0. The zero-order chi connectivity index (χ0) is 9.26. The van der Waals surface area contributed by atoms with Crippen molar-refractivity contribution in [1.82, 2.24) is 0 Å². The topological polar surface area (TPSA) is 17.1 Å². The molecule has 3 unspecified atom stereocenters. The maximum atomic E-state index is 11.5. The van der Waals surface area contributed by atoms with Crippen LogP contribution < -0.4 is 0 Å². The van der Waals surface area contributed by atoms with E-state index in [4.69, 9.17) is 0 Å². The number of Topliss-reactive ketones (excluding diaryl/α,β-unsaturated/α-hetero) is 1. The van der Waals surface area contributed by atoms with Crippen molar-refractivity contribution in [3.05, 3.63) is 12.2 Å². The predicted octanol–water partition coefficient (Wildman–Crippen LogP) is 2.96. The molecular weight excluding hydrogens is 160 g/mol. The molecule has 2 bridgehead atoms. The molecule has 3 atom stereocenters. The van der Waals surface area contributed by atoms with Gasteiger partial charge in [0.2, 0.25) is 0 Å². The largest absolute Gasteiger partial charge is 0.298 e. The number of rotatable bonds is 4. The van der Waals surface area contributed by atoms with Crippen LogP contribution in [-0.4, -0.2) is 5.78 Å². The van der Waals surface area contributed by atoms with Crippen molar-refractivity contribution < 1.29 is 4.79 Å². The molecule has 0 radical (unpaired) electrons. The summed E-state index contributed by atoms with van der Waals surface area (Å²) < 4.78 is 0. The molecule has 0 aromatic rings. The number of carbonyl (C=O) groups is 1. The highest BCUT2D eigenvalue weighted by Gasteiger charge is 2.42. The van der Waals surface area contributed by atoms with Crippen LogP contribution in [0.2, 0.25) is 0 Å². The third-order valence-corrected chi connectivity index (χ3v) is 3.49. The van der Waals surface area contributed by atoms with Gasteiger partial charge in [0, 0.05) is 11.8 Å². The first-order valence-corrected chi connectivity index (χ1v) is 5.55. The van der Waals surface area contributed by atoms with Gasteiger partial charge in [0.25, 0.3) is 0 Å². The minimum Gasteiger partial charge on any atom is -0.298 e. The molecule has 0 heterocycles. The van der Waals surface area contributed by atoms with Gasteiger partial charge in [-0.3, -0.25) is 4.79 Å². The summed E-state index contributed by atoms with van der Waals surface area (Å²) in [5.74, 6) is 1.80. The van der Waals surface area contributed by atoms with Gasteiger partial charge in [-0.05, 0) is 18.8 Å². The fourth-order valence-electron chi connectivity index (χ4n) is 2.70. The van der Waals surface area contributed by atoms with Crippen LogP contribution in [0.5, 0.6) is 0 Å². The van der Waals surface area contributed by atoms with E-state index in [1.807, 2.05) is 0 Å². The summed E-state index contributed by atoms with van der Waals surface area (Å²) in [4.78, 5) is 11.5. The summed E-state index contributed by atoms with van der Waals surface area (Å²) >= 11 is 0. The zero-order valence-electron chi connectivity index (χ0n) is 8.33. The minimum absolute atomic E-state index is 0.302. The molecule has 13 heavy (non-hydrogen) atoms. The van der Waals surface area contributed by atoms with Gasteiger partial charge in [0.15, 0.2) is 0 Å². The highest BCUT2D eigenvalue weighted by molar-refractivity contribution is 5.91. The van der Waals surface area contributed by atoms with E-state index >= 15 is 0 Å². The molecule has 0 amide bonds. The van der Waals surface area contributed by atoms with E-state index in [9.17, 15) is 4.79 Å². The number of unbranched alkanes of at least 4 members (excludes halogenated alkanes) is 2. The van der Waals surface area contributed by atoms with Gasteiger partial charge in [-0.1, -0.05) is 38.3 Å². The lowest BCUT2D eigenvalue weighted by Gasteiger charge is -2.15. The molecule has 1 fully saturated rings. The molecular formula is C12H18O. The van der Waals surface area contributed by atoms with Crippen LogP contribution in [0.4, 0.5) is 0 Å². The zero-order valence-corrected chi connectivity index (χ0v) is 8.33. The van der Waals surface area contributed by atoms with Crippen molar-refractivity contribution in [2.75, 3.05) is 0 Å². The van der Waals surface area contributed by atoms with Crippen molar-refractivity contribution in [2.24, 2.45) is 17.8 Å². The monoisotopic (exact) mass is 178 g/mol. The van der Waals surface area contributed by atoms with Gasteiger partial charge >= 0.3 is 0 Å². The van der Waals surface area contributed by atoms with Gasteiger partial charge in [-0.15, -0.1) is 0 Å². The van der Waals surface area contributed by atoms with Crippen LogP contribution in [0, 0.1) is 17.8 Å². The molecule has 0 saturated heterocycles. The van der Waals surface area contributed by atoms with Gasteiger partial charge in [-0.25, -0.2) is 0 Å². The van der Waals surface area contributed by atoms with Crippen molar-refractivity contribution in [3.63, 3.8) is 0 Å². The number of allylic oxidation sites excluding steroid dienone is 2. The Bertz CT molecular complexity index is 229. The fourth-order valence-corrected chi connectivity index (χ4v) is 2.70. The van der Waals surface area contributed by atoms with E-state index in [0.717, 1.165) is 6.42 Å². The van der Waals surface area contributed by atoms with Crippen LogP contribution in [-0.2, 0) is 4.79 Å². The summed E-state index contributed by atoms with van der Waals surface area (Å²) in [5, 5.41) is 0. The number of carbonyl (C=O) groups excluding carboxylic acids is 1. The molecule has 2 aliphatic rings. The molecule has 72 valence electrons. The molecule has 1 heteroatoms. The Balaban J connectivity index is 1.83.